The van der Waals surface area contributed by atoms with E-state index in [-0.39, 0.29) is 5.82 Å². The molecule has 20 heavy (non-hydrogen) atoms. The van der Waals surface area contributed by atoms with Gasteiger partial charge in [-0.1, -0.05) is 22.8 Å². The van der Waals surface area contributed by atoms with Gasteiger partial charge in [0.2, 0.25) is 0 Å². The van der Waals surface area contributed by atoms with Crippen LogP contribution in [0.3, 0.4) is 0 Å². The highest BCUT2D eigenvalue weighted by molar-refractivity contribution is 6.31. The molecular formula is C15H18ClFN2O. The van der Waals surface area contributed by atoms with Crippen LogP contribution < -0.4 is 5.32 Å². The Bertz CT molecular complexity index is 543. The minimum Gasteiger partial charge on any atom is -0.361 e. The Balaban J connectivity index is 1.77. The highest BCUT2D eigenvalue weighted by Gasteiger charge is 2.08. The van der Waals surface area contributed by atoms with Crippen LogP contribution in [0.15, 0.2) is 22.7 Å². The molecular weight excluding hydrogens is 279 g/mol. The predicted octanol–water partition coefficient (Wildman–Crippen LogP) is 3.81. The topological polar surface area (TPSA) is 38.1 Å². The van der Waals surface area contributed by atoms with E-state index in [4.69, 9.17) is 16.1 Å². The molecule has 0 aliphatic rings. The van der Waals surface area contributed by atoms with Crippen LogP contribution in [0.2, 0.25) is 5.02 Å². The highest BCUT2D eigenvalue weighted by Crippen LogP contribution is 2.20. The molecule has 0 aliphatic heterocycles. The molecule has 0 saturated heterocycles. The van der Waals surface area contributed by atoms with Crippen molar-refractivity contribution in [3.05, 3.63) is 51.6 Å². The second-order valence-corrected chi connectivity index (χ2v) is 5.19. The second kappa shape index (κ2) is 6.86. The quantitative estimate of drug-likeness (QED) is 0.824. The van der Waals surface area contributed by atoms with Crippen molar-refractivity contribution >= 4 is 11.6 Å². The summed E-state index contributed by atoms with van der Waals surface area (Å²) in [4.78, 5) is 0. The first kappa shape index (κ1) is 15.0. The molecule has 1 aromatic heterocycles. The molecule has 0 atom stereocenters. The van der Waals surface area contributed by atoms with Gasteiger partial charge in [0.15, 0.2) is 0 Å². The Morgan fingerprint density at radius 3 is 2.75 bits per heavy atom. The molecule has 5 heteroatoms. The van der Waals surface area contributed by atoms with E-state index < -0.39 is 0 Å². The van der Waals surface area contributed by atoms with Crippen molar-refractivity contribution in [2.24, 2.45) is 0 Å². The average Bonchev–Trinajstić information content (AvgIpc) is 2.72. The summed E-state index contributed by atoms with van der Waals surface area (Å²) < 4.78 is 18.7. The molecule has 1 N–H and O–H groups in total. The zero-order valence-corrected chi connectivity index (χ0v) is 12.4. The van der Waals surface area contributed by atoms with Crippen LogP contribution in [0, 0.1) is 19.7 Å². The smallest absolute Gasteiger partial charge is 0.138 e. The fraction of sp³-hybridized carbons (Fsp3) is 0.400. The first-order chi connectivity index (χ1) is 9.59. The maximum Gasteiger partial charge on any atom is 0.138 e. The molecule has 0 spiro atoms. The molecule has 0 unspecified atom stereocenters. The van der Waals surface area contributed by atoms with Crippen molar-refractivity contribution in [2.45, 2.75) is 33.2 Å². The molecule has 0 aliphatic carbocycles. The average molecular weight is 297 g/mol. The fourth-order valence-corrected chi connectivity index (χ4v) is 2.39. The number of aromatic nitrogens is 1. The van der Waals surface area contributed by atoms with Gasteiger partial charge in [-0.05, 0) is 45.4 Å². The third-order valence-electron chi connectivity index (χ3n) is 3.33. The normalized spacial score (nSPS) is 11.0. The first-order valence-electron chi connectivity index (χ1n) is 6.65. The molecule has 3 nitrogen and oxygen atoms in total. The lowest BCUT2D eigenvalue weighted by atomic mass is 10.1. The monoisotopic (exact) mass is 296 g/mol. The molecule has 2 aromatic rings. The van der Waals surface area contributed by atoms with Gasteiger partial charge in [-0.3, -0.25) is 0 Å². The van der Waals surface area contributed by atoms with Gasteiger partial charge in [-0.2, -0.15) is 0 Å². The maximum atomic E-state index is 13.6. The third-order valence-corrected chi connectivity index (χ3v) is 3.68. The number of aryl methyl sites for hydroxylation is 2. The van der Waals surface area contributed by atoms with Crippen LogP contribution in [-0.4, -0.2) is 11.7 Å². The lowest BCUT2D eigenvalue weighted by Crippen LogP contribution is -2.16. The Hall–Kier alpha value is -1.39. The van der Waals surface area contributed by atoms with Crippen molar-refractivity contribution in [3.63, 3.8) is 0 Å². The second-order valence-electron chi connectivity index (χ2n) is 4.78. The number of rotatable bonds is 6. The molecule has 108 valence electrons. The van der Waals surface area contributed by atoms with Crippen molar-refractivity contribution < 1.29 is 8.91 Å². The summed E-state index contributed by atoms with van der Waals surface area (Å²) in [7, 11) is 0. The Kier molecular flexibility index (Phi) is 5.15. The number of halogens is 2. The number of nitrogens with one attached hydrogen (secondary N) is 1. The van der Waals surface area contributed by atoms with Crippen LogP contribution in [0.25, 0.3) is 0 Å². The largest absolute Gasteiger partial charge is 0.361 e. The zero-order chi connectivity index (χ0) is 14.5. The zero-order valence-electron chi connectivity index (χ0n) is 11.7. The van der Waals surface area contributed by atoms with E-state index in [2.05, 4.69) is 10.5 Å². The summed E-state index contributed by atoms with van der Waals surface area (Å²) in [5, 5.41) is 7.71. The van der Waals surface area contributed by atoms with E-state index in [1.165, 1.54) is 6.07 Å². The number of nitrogens with zero attached hydrogens (tertiary/aromatic N) is 1. The van der Waals surface area contributed by atoms with Crippen molar-refractivity contribution in [1.82, 2.24) is 10.5 Å². The third kappa shape index (κ3) is 3.58. The molecule has 0 fully saturated rings. The molecule has 0 saturated carbocycles. The van der Waals surface area contributed by atoms with E-state index >= 15 is 0 Å². The number of hydrogen-bond donors (Lipinski definition) is 1. The summed E-state index contributed by atoms with van der Waals surface area (Å²) in [6.45, 7) is 5.32. The van der Waals surface area contributed by atoms with Crippen molar-refractivity contribution in [1.29, 1.82) is 0 Å². The SMILES string of the molecule is Cc1noc(C)c1CNCCCc1c(F)cccc1Cl. The molecule has 1 heterocycles. The van der Waals surface area contributed by atoms with Gasteiger partial charge in [-0.25, -0.2) is 4.39 Å². The van der Waals surface area contributed by atoms with Gasteiger partial charge in [0.05, 0.1) is 5.69 Å². The lowest BCUT2D eigenvalue weighted by molar-refractivity contribution is 0.392. The molecule has 0 bridgehead atoms. The van der Waals surface area contributed by atoms with Gasteiger partial charge in [0.25, 0.3) is 0 Å². The lowest BCUT2D eigenvalue weighted by Gasteiger charge is -2.07. The van der Waals surface area contributed by atoms with E-state index in [0.717, 1.165) is 30.0 Å². The van der Waals surface area contributed by atoms with Gasteiger partial charge in [-0.15, -0.1) is 0 Å². The maximum absolute atomic E-state index is 13.6. The van der Waals surface area contributed by atoms with Crippen LogP contribution in [0.4, 0.5) is 4.39 Å². The standard InChI is InChI=1S/C15H18ClFN2O/c1-10-13(11(2)20-19-10)9-18-8-4-5-12-14(16)6-3-7-15(12)17/h3,6-7,18H,4-5,8-9H2,1-2H3. The first-order valence-corrected chi connectivity index (χ1v) is 7.02. The summed E-state index contributed by atoms with van der Waals surface area (Å²) >= 11 is 5.98. The van der Waals surface area contributed by atoms with E-state index in [0.29, 0.717) is 23.6 Å². The van der Waals surface area contributed by atoms with Crippen LogP contribution in [0.5, 0.6) is 0 Å². The molecule has 0 radical (unpaired) electrons. The van der Waals surface area contributed by atoms with Gasteiger partial charge in [0, 0.05) is 22.7 Å². The minimum absolute atomic E-state index is 0.233. The molecule has 2 rings (SSSR count). The van der Waals surface area contributed by atoms with Gasteiger partial charge in [0.1, 0.15) is 11.6 Å². The highest BCUT2D eigenvalue weighted by atomic mass is 35.5. The Morgan fingerprint density at radius 1 is 1.30 bits per heavy atom. The summed E-state index contributed by atoms with van der Waals surface area (Å²) in [6, 6.07) is 4.78. The fourth-order valence-electron chi connectivity index (χ4n) is 2.13. The predicted molar refractivity (Wildman–Crippen MR) is 77.4 cm³/mol. The van der Waals surface area contributed by atoms with E-state index in [9.17, 15) is 4.39 Å². The van der Waals surface area contributed by atoms with Crippen molar-refractivity contribution in [2.75, 3.05) is 6.54 Å². The Labute approximate surface area is 123 Å². The molecule has 0 amide bonds. The summed E-state index contributed by atoms with van der Waals surface area (Å²) in [5.41, 5.74) is 2.59. The van der Waals surface area contributed by atoms with Crippen molar-refractivity contribution in [3.8, 4) is 0 Å². The minimum atomic E-state index is -0.233. The van der Waals surface area contributed by atoms with Crippen LogP contribution >= 0.6 is 11.6 Å². The number of hydrogen-bond acceptors (Lipinski definition) is 3. The van der Waals surface area contributed by atoms with E-state index in [1.807, 2.05) is 13.8 Å². The summed E-state index contributed by atoms with van der Waals surface area (Å²) in [6.07, 6.45) is 1.45. The Morgan fingerprint density at radius 2 is 2.10 bits per heavy atom. The number of benzene rings is 1. The van der Waals surface area contributed by atoms with Crippen LogP contribution in [-0.2, 0) is 13.0 Å². The van der Waals surface area contributed by atoms with Gasteiger partial charge < -0.3 is 9.84 Å². The van der Waals surface area contributed by atoms with Crippen LogP contribution in [0.1, 0.15) is 29.0 Å². The molecule has 1 aromatic carbocycles. The summed E-state index contributed by atoms with van der Waals surface area (Å²) in [5.74, 6) is 0.607. The van der Waals surface area contributed by atoms with Gasteiger partial charge >= 0.3 is 0 Å². The van der Waals surface area contributed by atoms with E-state index in [1.54, 1.807) is 12.1 Å².